The first-order chi connectivity index (χ1) is 10.8. The van der Waals surface area contributed by atoms with Crippen LogP contribution in [0.4, 0.5) is 14.5 Å². The molecule has 0 aliphatic heterocycles. The number of nitrogens with zero attached hydrogens (tertiary/aromatic N) is 1. The molecule has 0 bridgehead atoms. The van der Waals surface area contributed by atoms with Crippen molar-refractivity contribution in [2.24, 2.45) is 0 Å². The van der Waals surface area contributed by atoms with E-state index in [0.717, 1.165) is 24.0 Å². The molecule has 0 aliphatic carbocycles. The van der Waals surface area contributed by atoms with Crippen LogP contribution in [0.5, 0.6) is 0 Å². The van der Waals surface area contributed by atoms with E-state index in [9.17, 15) is 17.2 Å². The lowest BCUT2D eigenvalue weighted by molar-refractivity contribution is 0.587. The Balaban J connectivity index is 2.09. The smallest absolute Gasteiger partial charge is 0.151 e. The molecule has 4 nitrogen and oxygen atoms in total. The molecule has 0 fully saturated rings. The standard InChI is InChI=1S/C16H14F2N2O2S/c1-23(21,22)10-12-4-2-11(3-5-12)9-20-16-14(17)6-13(8-19)7-15(16)18/h2-7,20H,9-10H2,1H3. The molecule has 0 atom stereocenters. The molecule has 2 aromatic carbocycles. The van der Waals surface area contributed by atoms with Gasteiger partial charge in [-0.25, -0.2) is 17.2 Å². The molecule has 0 unspecified atom stereocenters. The van der Waals surface area contributed by atoms with E-state index in [1.807, 2.05) is 0 Å². The molecule has 0 heterocycles. The third kappa shape index (κ3) is 4.76. The van der Waals surface area contributed by atoms with Crippen LogP contribution in [0.2, 0.25) is 0 Å². The topological polar surface area (TPSA) is 70.0 Å². The average molecular weight is 336 g/mol. The molecule has 0 amide bonds. The summed E-state index contributed by atoms with van der Waals surface area (Å²) in [5, 5.41) is 11.3. The Morgan fingerprint density at radius 3 is 2.09 bits per heavy atom. The fourth-order valence-electron chi connectivity index (χ4n) is 2.05. The number of hydrogen-bond donors (Lipinski definition) is 1. The van der Waals surface area contributed by atoms with Gasteiger partial charge in [-0.1, -0.05) is 24.3 Å². The van der Waals surface area contributed by atoms with Crippen molar-refractivity contribution in [2.45, 2.75) is 12.3 Å². The molecule has 7 heteroatoms. The number of nitriles is 1. The maximum atomic E-state index is 13.7. The predicted octanol–water partition coefficient (Wildman–Crippen LogP) is 2.99. The normalized spacial score (nSPS) is 11.0. The second-order valence-corrected chi connectivity index (χ2v) is 7.31. The first-order valence-corrected chi connectivity index (χ1v) is 8.73. The van der Waals surface area contributed by atoms with Crippen molar-refractivity contribution < 1.29 is 17.2 Å². The largest absolute Gasteiger partial charge is 0.376 e. The second-order valence-electron chi connectivity index (χ2n) is 5.17. The third-order valence-corrected chi connectivity index (χ3v) is 3.95. The van der Waals surface area contributed by atoms with Crippen LogP contribution in [0.25, 0.3) is 0 Å². The molecule has 0 saturated carbocycles. The maximum Gasteiger partial charge on any atom is 0.151 e. The summed E-state index contributed by atoms with van der Waals surface area (Å²) in [6.07, 6.45) is 1.15. The summed E-state index contributed by atoms with van der Waals surface area (Å²) >= 11 is 0. The zero-order valence-electron chi connectivity index (χ0n) is 12.3. The van der Waals surface area contributed by atoms with Gasteiger partial charge >= 0.3 is 0 Å². The molecule has 2 rings (SSSR count). The summed E-state index contributed by atoms with van der Waals surface area (Å²) in [6, 6.07) is 10.3. The highest BCUT2D eigenvalue weighted by atomic mass is 32.2. The van der Waals surface area contributed by atoms with Gasteiger partial charge in [0.05, 0.1) is 17.4 Å². The number of halogens is 2. The van der Waals surface area contributed by atoms with Gasteiger partial charge in [0.1, 0.15) is 5.69 Å². The van der Waals surface area contributed by atoms with Gasteiger partial charge in [0.15, 0.2) is 21.5 Å². The van der Waals surface area contributed by atoms with Gasteiger partial charge in [-0.15, -0.1) is 0 Å². The number of rotatable bonds is 5. The summed E-state index contributed by atoms with van der Waals surface area (Å²) in [6.45, 7) is 0.166. The summed E-state index contributed by atoms with van der Waals surface area (Å²) < 4.78 is 49.9. The molecule has 0 spiro atoms. The van der Waals surface area contributed by atoms with Crippen molar-refractivity contribution >= 4 is 15.5 Å². The third-order valence-electron chi connectivity index (χ3n) is 3.09. The second kappa shape index (κ2) is 6.75. The number of hydrogen-bond acceptors (Lipinski definition) is 4. The lowest BCUT2D eigenvalue weighted by Crippen LogP contribution is -2.05. The van der Waals surface area contributed by atoms with Crippen molar-refractivity contribution in [2.75, 3.05) is 11.6 Å². The SMILES string of the molecule is CS(=O)(=O)Cc1ccc(CNc2c(F)cc(C#N)cc2F)cc1. The highest BCUT2D eigenvalue weighted by Crippen LogP contribution is 2.21. The summed E-state index contributed by atoms with van der Waals surface area (Å²) in [7, 11) is -3.10. The highest BCUT2D eigenvalue weighted by molar-refractivity contribution is 7.89. The number of anilines is 1. The Morgan fingerprint density at radius 2 is 1.61 bits per heavy atom. The summed E-state index contributed by atoms with van der Waals surface area (Å²) in [4.78, 5) is 0. The predicted molar refractivity (Wildman–Crippen MR) is 83.4 cm³/mol. The zero-order valence-corrected chi connectivity index (χ0v) is 13.1. The van der Waals surface area contributed by atoms with Crippen LogP contribution < -0.4 is 5.32 Å². The van der Waals surface area contributed by atoms with Crippen LogP contribution >= 0.6 is 0 Å². The van der Waals surface area contributed by atoms with Crippen LogP contribution in [0.3, 0.4) is 0 Å². The Bertz CT molecular complexity index is 834. The first-order valence-electron chi connectivity index (χ1n) is 6.67. The lowest BCUT2D eigenvalue weighted by atomic mass is 10.1. The molecule has 23 heavy (non-hydrogen) atoms. The van der Waals surface area contributed by atoms with Crippen LogP contribution in [-0.4, -0.2) is 14.7 Å². The van der Waals surface area contributed by atoms with Gasteiger partial charge < -0.3 is 5.32 Å². The molecule has 0 saturated heterocycles. The van der Waals surface area contributed by atoms with Crippen LogP contribution in [0, 0.1) is 23.0 Å². The van der Waals surface area contributed by atoms with Gasteiger partial charge in [0.25, 0.3) is 0 Å². The minimum Gasteiger partial charge on any atom is -0.376 e. The quantitative estimate of drug-likeness (QED) is 0.911. The number of nitrogens with one attached hydrogen (secondary N) is 1. The molecular weight excluding hydrogens is 322 g/mol. The zero-order chi connectivity index (χ0) is 17.0. The molecule has 0 aliphatic rings. The van der Waals surface area contributed by atoms with E-state index >= 15 is 0 Å². The van der Waals surface area contributed by atoms with Gasteiger partial charge in [0, 0.05) is 12.8 Å². The van der Waals surface area contributed by atoms with E-state index in [1.165, 1.54) is 0 Å². The van der Waals surface area contributed by atoms with Crippen molar-refractivity contribution in [3.05, 3.63) is 64.7 Å². The lowest BCUT2D eigenvalue weighted by Gasteiger charge is -2.10. The minimum absolute atomic E-state index is 0.0560. The van der Waals surface area contributed by atoms with E-state index in [2.05, 4.69) is 5.32 Å². The maximum absolute atomic E-state index is 13.7. The Kier molecular flexibility index (Phi) is 4.96. The fourth-order valence-corrected chi connectivity index (χ4v) is 2.85. The average Bonchev–Trinajstić information content (AvgIpc) is 2.46. The summed E-state index contributed by atoms with van der Waals surface area (Å²) in [5.74, 6) is -1.73. The van der Waals surface area contributed by atoms with E-state index in [0.29, 0.717) is 5.56 Å². The Morgan fingerprint density at radius 1 is 1.09 bits per heavy atom. The van der Waals surface area contributed by atoms with E-state index in [4.69, 9.17) is 5.26 Å². The molecular formula is C16H14F2N2O2S. The number of benzene rings is 2. The van der Waals surface area contributed by atoms with E-state index in [-0.39, 0.29) is 23.5 Å². The molecule has 120 valence electrons. The first kappa shape index (κ1) is 16.9. The van der Waals surface area contributed by atoms with Crippen molar-refractivity contribution in [3.8, 4) is 6.07 Å². The van der Waals surface area contributed by atoms with Crippen molar-refractivity contribution in [1.82, 2.24) is 0 Å². The van der Waals surface area contributed by atoms with Crippen LogP contribution in [0.15, 0.2) is 36.4 Å². The van der Waals surface area contributed by atoms with Gasteiger partial charge in [0.2, 0.25) is 0 Å². The van der Waals surface area contributed by atoms with Crippen LogP contribution in [0.1, 0.15) is 16.7 Å². The molecule has 0 radical (unpaired) electrons. The molecule has 2 aromatic rings. The van der Waals surface area contributed by atoms with Gasteiger partial charge in [-0.2, -0.15) is 5.26 Å². The summed E-state index contributed by atoms with van der Waals surface area (Å²) in [5.41, 5.74) is 0.997. The highest BCUT2D eigenvalue weighted by Gasteiger charge is 2.11. The minimum atomic E-state index is -3.10. The van der Waals surface area contributed by atoms with Gasteiger partial charge in [-0.3, -0.25) is 0 Å². The van der Waals surface area contributed by atoms with E-state index in [1.54, 1.807) is 30.3 Å². The van der Waals surface area contributed by atoms with E-state index < -0.39 is 21.5 Å². The molecule has 0 aromatic heterocycles. The molecule has 1 N–H and O–H groups in total. The Hall–Kier alpha value is -2.46. The Labute approximate surface area is 133 Å². The monoisotopic (exact) mass is 336 g/mol. The van der Waals surface area contributed by atoms with Crippen molar-refractivity contribution in [1.29, 1.82) is 5.26 Å². The van der Waals surface area contributed by atoms with Crippen molar-refractivity contribution in [3.63, 3.8) is 0 Å². The van der Waals surface area contributed by atoms with Gasteiger partial charge in [-0.05, 0) is 23.3 Å². The number of sulfone groups is 1. The van der Waals surface area contributed by atoms with Crippen LogP contribution in [-0.2, 0) is 22.1 Å². The fraction of sp³-hybridized carbons (Fsp3) is 0.188.